The van der Waals surface area contributed by atoms with Gasteiger partial charge in [-0.05, 0) is 19.3 Å². The molecule has 0 atom stereocenters. The number of rotatable bonds is 4. The summed E-state index contributed by atoms with van der Waals surface area (Å²) in [6, 6.07) is 0. The second-order valence-corrected chi connectivity index (χ2v) is 5.51. The van der Waals surface area contributed by atoms with Crippen molar-refractivity contribution in [2.75, 3.05) is 18.8 Å². The number of hydrogen-bond acceptors (Lipinski definition) is 6. The molecular formula is C11H15N5O2S. The lowest BCUT2D eigenvalue weighted by Crippen LogP contribution is -2.35. The van der Waals surface area contributed by atoms with Crippen LogP contribution in [0.4, 0.5) is 0 Å². The summed E-state index contributed by atoms with van der Waals surface area (Å²) in [4.78, 5) is 13.9. The van der Waals surface area contributed by atoms with E-state index in [0.717, 1.165) is 25.9 Å². The molecule has 19 heavy (non-hydrogen) atoms. The van der Waals surface area contributed by atoms with Gasteiger partial charge in [0.1, 0.15) is 6.33 Å². The molecule has 8 heteroatoms. The van der Waals surface area contributed by atoms with E-state index < -0.39 is 0 Å². The average molecular weight is 281 g/mol. The highest BCUT2D eigenvalue weighted by Gasteiger charge is 2.16. The Morgan fingerprint density at radius 1 is 1.37 bits per heavy atom. The predicted octanol–water partition coefficient (Wildman–Crippen LogP) is 1.21. The van der Waals surface area contributed by atoms with E-state index in [1.54, 1.807) is 0 Å². The van der Waals surface area contributed by atoms with E-state index in [9.17, 15) is 4.79 Å². The van der Waals surface area contributed by atoms with E-state index in [2.05, 4.69) is 15.3 Å². The Kier molecular flexibility index (Phi) is 3.67. The number of likely N-dealkylation sites (tertiary alicyclic amines) is 1. The first-order valence-corrected chi connectivity index (χ1v) is 7.39. The molecule has 0 radical (unpaired) electrons. The number of nitrogens with zero attached hydrogens (tertiary/aromatic N) is 5. The van der Waals surface area contributed by atoms with Crippen molar-refractivity contribution in [3.05, 3.63) is 6.33 Å². The summed E-state index contributed by atoms with van der Waals surface area (Å²) in [5.41, 5.74) is 0. The molecule has 0 saturated carbocycles. The van der Waals surface area contributed by atoms with E-state index >= 15 is 0 Å². The summed E-state index contributed by atoms with van der Waals surface area (Å²) in [5, 5.41) is 12.1. The normalized spacial score (nSPS) is 16.1. The second kappa shape index (κ2) is 5.60. The van der Waals surface area contributed by atoms with Gasteiger partial charge < -0.3 is 9.32 Å². The van der Waals surface area contributed by atoms with Crippen molar-refractivity contribution in [3.8, 4) is 0 Å². The zero-order valence-electron chi connectivity index (χ0n) is 10.5. The second-order valence-electron chi connectivity index (χ2n) is 4.47. The largest absolute Gasteiger partial charge is 0.396 e. The van der Waals surface area contributed by atoms with Gasteiger partial charge in [0.05, 0.1) is 0 Å². The van der Waals surface area contributed by atoms with Crippen LogP contribution in [-0.4, -0.2) is 49.5 Å². The van der Waals surface area contributed by atoms with Crippen LogP contribution in [-0.2, 0) is 4.79 Å². The van der Waals surface area contributed by atoms with Crippen molar-refractivity contribution in [1.82, 2.24) is 24.7 Å². The van der Waals surface area contributed by atoms with Crippen molar-refractivity contribution in [3.63, 3.8) is 0 Å². The summed E-state index contributed by atoms with van der Waals surface area (Å²) >= 11 is 1.43. The lowest BCUT2D eigenvalue weighted by Gasteiger charge is -2.26. The SMILES string of the molecule is O=C(CCSc1nn2cnnc2o1)N1CCCCC1. The van der Waals surface area contributed by atoms with Gasteiger partial charge in [-0.3, -0.25) is 4.79 Å². The van der Waals surface area contributed by atoms with Crippen LogP contribution in [0.3, 0.4) is 0 Å². The zero-order chi connectivity index (χ0) is 13.1. The van der Waals surface area contributed by atoms with Crippen molar-refractivity contribution in [2.24, 2.45) is 0 Å². The van der Waals surface area contributed by atoms with Gasteiger partial charge in [0, 0.05) is 25.3 Å². The van der Waals surface area contributed by atoms with E-state index in [-0.39, 0.29) is 5.91 Å². The van der Waals surface area contributed by atoms with Gasteiger partial charge in [-0.1, -0.05) is 16.9 Å². The number of carbonyl (C=O) groups is 1. The van der Waals surface area contributed by atoms with Crippen LogP contribution in [0, 0.1) is 0 Å². The quantitative estimate of drug-likeness (QED) is 0.784. The maximum Gasteiger partial charge on any atom is 0.345 e. The third-order valence-corrected chi connectivity index (χ3v) is 3.94. The summed E-state index contributed by atoms with van der Waals surface area (Å²) in [6.07, 6.45) is 5.50. The van der Waals surface area contributed by atoms with Gasteiger partial charge in [0.2, 0.25) is 5.91 Å². The molecule has 0 aromatic carbocycles. The van der Waals surface area contributed by atoms with Crippen molar-refractivity contribution in [2.45, 2.75) is 30.9 Å². The summed E-state index contributed by atoms with van der Waals surface area (Å²) in [6.45, 7) is 1.81. The Morgan fingerprint density at radius 2 is 2.21 bits per heavy atom. The Hall–Kier alpha value is -1.57. The van der Waals surface area contributed by atoms with Gasteiger partial charge in [-0.15, -0.1) is 10.2 Å². The summed E-state index contributed by atoms with van der Waals surface area (Å²) in [7, 11) is 0. The zero-order valence-corrected chi connectivity index (χ0v) is 11.3. The third-order valence-electron chi connectivity index (χ3n) is 3.12. The van der Waals surface area contributed by atoms with Crippen LogP contribution in [0.1, 0.15) is 25.7 Å². The maximum absolute atomic E-state index is 11.9. The lowest BCUT2D eigenvalue weighted by molar-refractivity contribution is -0.131. The monoisotopic (exact) mass is 281 g/mol. The molecule has 0 unspecified atom stereocenters. The number of carbonyl (C=O) groups excluding carboxylic acids is 1. The molecule has 0 aliphatic carbocycles. The van der Waals surface area contributed by atoms with Crippen LogP contribution in [0.25, 0.3) is 5.84 Å². The van der Waals surface area contributed by atoms with Crippen LogP contribution >= 0.6 is 11.8 Å². The molecule has 102 valence electrons. The van der Waals surface area contributed by atoms with Gasteiger partial charge in [-0.25, -0.2) is 0 Å². The van der Waals surface area contributed by atoms with Crippen LogP contribution in [0.5, 0.6) is 0 Å². The fourth-order valence-corrected chi connectivity index (χ4v) is 2.86. The first-order valence-electron chi connectivity index (χ1n) is 6.40. The summed E-state index contributed by atoms with van der Waals surface area (Å²) in [5.74, 6) is 1.28. The fraction of sp³-hybridized carbons (Fsp3) is 0.636. The average Bonchev–Trinajstić information content (AvgIpc) is 3.00. The molecule has 1 saturated heterocycles. The highest BCUT2D eigenvalue weighted by atomic mass is 32.2. The molecule has 1 aliphatic rings. The molecule has 0 bridgehead atoms. The topological polar surface area (TPSA) is 76.5 Å². The minimum atomic E-state index is 0.227. The van der Waals surface area contributed by atoms with Crippen molar-refractivity contribution >= 4 is 23.5 Å². The standard InChI is InChI=1S/C11H15N5O2S/c17-9(15-5-2-1-3-6-15)4-7-19-11-14-16-8-12-13-10(16)18-11/h8H,1-7H2. The van der Waals surface area contributed by atoms with Crippen LogP contribution in [0.2, 0.25) is 0 Å². The highest BCUT2D eigenvalue weighted by molar-refractivity contribution is 7.99. The lowest BCUT2D eigenvalue weighted by atomic mass is 10.1. The molecule has 1 fully saturated rings. The fourth-order valence-electron chi connectivity index (χ4n) is 2.13. The van der Waals surface area contributed by atoms with Crippen molar-refractivity contribution < 1.29 is 9.21 Å². The first kappa shape index (κ1) is 12.5. The van der Waals surface area contributed by atoms with E-state index in [1.165, 1.54) is 29.0 Å². The Bertz CT molecular complexity index is 532. The number of aromatic nitrogens is 4. The molecule has 0 spiro atoms. The Balaban J connectivity index is 1.47. The molecule has 0 N–H and O–H groups in total. The first-order chi connectivity index (χ1) is 9.33. The minimum absolute atomic E-state index is 0.227. The number of thioether (sulfide) groups is 1. The Morgan fingerprint density at radius 3 is 3.00 bits per heavy atom. The number of hydrogen-bond donors (Lipinski definition) is 0. The molecule has 2 aromatic rings. The third kappa shape index (κ3) is 2.89. The number of amides is 1. The minimum Gasteiger partial charge on any atom is -0.396 e. The maximum atomic E-state index is 11.9. The molecule has 7 nitrogen and oxygen atoms in total. The van der Waals surface area contributed by atoms with E-state index in [0.29, 0.717) is 23.2 Å². The number of piperidine rings is 1. The molecule has 2 aromatic heterocycles. The smallest absolute Gasteiger partial charge is 0.345 e. The van der Waals surface area contributed by atoms with Gasteiger partial charge in [0.25, 0.3) is 5.22 Å². The van der Waals surface area contributed by atoms with Gasteiger partial charge in [-0.2, -0.15) is 4.52 Å². The predicted molar refractivity (Wildman–Crippen MR) is 68.8 cm³/mol. The number of fused-ring (bicyclic) bond motifs is 1. The molecule has 3 rings (SSSR count). The Labute approximate surface area is 114 Å². The molecule has 3 heterocycles. The highest BCUT2D eigenvalue weighted by Crippen LogP contribution is 2.19. The van der Waals surface area contributed by atoms with Crippen LogP contribution in [0.15, 0.2) is 16.0 Å². The van der Waals surface area contributed by atoms with Crippen molar-refractivity contribution in [1.29, 1.82) is 0 Å². The van der Waals surface area contributed by atoms with Gasteiger partial charge >= 0.3 is 5.84 Å². The molecule has 1 amide bonds. The molecular weight excluding hydrogens is 266 g/mol. The van der Waals surface area contributed by atoms with Crippen LogP contribution < -0.4 is 0 Å². The van der Waals surface area contributed by atoms with Gasteiger partial charge in [0.15, 0.2) is 0 Å². The molecule has 1 aliphatic heterocycles. The summed E-state index contributed by atoms with van der Waals surface area (Å²) < 4.78 is 6.83. The van der Waals surface area contributed by atoms with E-state index in [1.807, 2.05) is 4.90 Å². The van der Waals surface area contributed by atoms with E-state index in [4.69, 9.17) is 4.42 Å².